The van der Waals surface area contributed by atoms with Crippen molar-refractivity contribution in [2.45, 2.75) is 45.2 Å². The van der Waals surface area contributed by atoms with Crippen molar-refractivity contribution in [2.24, 2.45) is 5.92 Å². The maximum absolute atomic E-state index is 12.0. The minimum atomic E-state index is -4.36. The SMILES string of the molecule is CCCCCCC(CF)C(F)(F)F. The van der Waals surface area contributed by atoms with Crippen molar-refractivity contribution < 1.29 is 17.6 Å². The molecule has 0 radical (unpaired) electrons. The van der Waals surface area contributed by atoms with E-state index in [2.05, 4.69) is 0 Å². The zero-order valence-electron chi connectivity index (χ0n) is 7.83. The molecule has 0 aliphatic carbocycles. The first kappa shape index (κ1) is 12.7. The van der Waals surface area contributed by atoms with E-state index in [9.17, 15) is 17.6 Å². The first-order chi connectivity index (χ1) is 6.02. The Balaban J connectivity index is 3.61. The summed E-state index contributed by atoms with van der Waals surface area (Å²) in [5.74, 6) is -1.75. The van der Waals surface area contributed by atoms with Crippen LogP contribution < -0.4 is 0 Å². The molecule has 0 rings (SSSR count). The van der Waals surface area contributed by atoms with Crippen LogP contribution in [-0.2, 0) is 0 Å². The summed E-state index contributed by atoms with van der Waals surface area (Å²) in [6, 6.07) is 0. The molecular weight excluding hydrogens is 184 g/mol. The van der Waals surface area contributed by atoms with Crippen molar-refractivity contribution in [3.8, 4) is 0 Å². The van der Waals surface area contributed by atoms with Crippen molar-refractivity contribution in [1.29, 1.82) is 0 Å². The van der Waals surface area contributed by atoms with Gasteiger partial charge in [-0.1, -0.05) is 32.6 Å². The molecule has 4 heteroatoms. The molecule has 0 N–H and O–H groups in total. The molecule has 0 nitrogen and oxygen atoms in total. The summed E-state index contributed by atoms with van der Waals surface area (Å²) in [6.07, 6.45) is -1.28. The molecular formula is C9H16F4. The molecule has 80 valence electrons. The molecule has 0 fully saturated rings. The first-order valence-corrected chi connectivity index (χ1v) is 4.65. The highest BCUT2D eigenvalue weighted by Crippen LogP contribution is 2.30. The third-order valence-corrected chi connectivity index (χ3v) is 2.06. The van der Waals surface area contributed by atoms with Gasteiger partial charge in [-0.15, -0.1) is 0 Å². The van der Waals surface area contributed by atoms with Gasteiger partial charge in [-0.2, -0.15) is 13.2 Å². The fourth-order valence-electron chi connectivity index (χ4n) is 1.15. The van der Waals surface area contributed by atoms with Crippen LogP contribution in [0.1, 0.15) is 39.0 Å². The van der Waals surface area contributed by atoms with E-state index in [-0.39, 0.29) is 6.42 Å². The van der Waals surface area contributed by atoms with Gasteiger partial charge >= 0.3 is 6.18 Å². The molecule has 0 aliphatic heterocycles. The van der Waals surface area contributed by atoms with Crippen LogP contribution in [0.4, 0.5) is 17.6 Å². The largest absolute Gasteiger partial charge is 0.394 e. The molecule has 0 saturated carbocycles. The predicted molar refractivity (Wildman–Crippen MR) is 44.3 cm³/mol. The Morgan fingerprint density at radius 3 is 2.08 bits per heavy atom. The first-order valence-electron chi connectivity index (χ1n) is 4.65. The van der Waals surface area contributed by atoms with Crippen LogP contribution in [0.15, 0.2) is 0 Å². The molecule has 0 aromatic rings. The quantitative estimate of drug-likeness (QED) is 0.447. The third-order valence-electron chi connectivity index (χ3n) is 2.06. The molecule has 0 aliphatic rings. The number of hydrogen-bond donors (Lipinski definition) is 0. The predicted octanol–water partition coefficient (Wildman–Crippen LogP) is 4.10. The zero-order valence-corrected chi connectivity index (χ0v) is 7.83. The van der Waals surface area contributed by atoms with E-state index in [0.717, 1.165) is 19.3 Å². The topological polar surface area (TPSA) is 0 Å². The lowest BCUT2D eigenvalue weighted by molar-refractivity contribution is -0.180. The fraction of sp³-hybridized carbons (Fsp3) is 1.00. The Kier molecular flexibility index (Phi) is 6.08. The van der Waals surface area contributed by atoms with Crippen LogP contribution in [-0.4, -0.2) is 12.9 Å². The number of unbranched alkanes of at least 4 members (excludes halogenated alkanes) is 3. The maximum atomic E-state index is 12.0. The second kappa shape index (κ2) is 6.22. The number of halogens is 4. The number of hydrogen-bond acceptors (Lipinski definition) is 0. The van der Waals surface area contributed by atoms with Crippen LogP contribution in [0.25, 0.3) is 0 Å². The highest BCUT2D eigenvalue weighted by Gasteiger charge is 2.38. The van der Waals surface area contributed by atoms with Gasteiger partial charge in [-0.25, -0.2) is 0 Å². The Hall–Kier alpha value is -0.280. The van der Waals surface area contributed by atoms with Gasteiger partial charge in [0.25, 0.3) is 0 Å². The normalized spacial score (nSPS) is 14.5. The lowest BCUT2D eigenvalue weighted by Crippen LogP contribution is -2.24. The van der Waals surface area contributed by atoms with Crippen LogP contribution in [0.5, 0.6) is 0 Å². The summed E-state index contributed by atoms with van der Waals surface area (Å²) in [4.78, 5) is 0. The number of alkyl halides is 4. The van der Waals surface area contributed by atoms with E-state index in [4.69, 9.17) is 0 Å². The van der Waals surface area contributed by atoms with Crippen molar-refractivity contribution in [2.75, 3.05) is 6.67 Å². The van der Waals surface area contributed by atoms with E-state index in [0.29, 0.717) is 6.42 Å². The van der Waals surface area contributed by atoms with Crippen molar-refractivity contribution in [3.05, 3.63) is 0 Å². The molecule has 0 spiro atoms. The summed E-state index contributed by atoms with van der Waals surface area (Å²) in [7, 11) is 0. The van der Waals surface area contributed by atoms with Crippen LogP contribution in [0, 0.1) is 5.92 Å². The molecule has 0 heterocycles. The van der Waals surface area contributed by atoms with Gasteiger partial charge in [0.1, 0.15) is 6.67 Å². The molecule has 1 atom stereocenters. The highest BCUT2D eigenvalue weighted by molar-refractivity contribution is 4.66. The van der Waals surface area contributed by atoms with E-state index in [1.54, 1.807) is 0 Å². The monoisotopic (exact) mass is 200 g/mol. The highest BCUT2D eigenvalue weighted by atomic mass is 19.4. The molecule has 1 unspecified atom stereocenters. The number of rotatable bonds is 6. The standard InChI is InChI=1S/C9H16F4/c1-2-3-4-5-6-8(7-10)9(11,12)13/h8H,2-7H2,1H3. The summed E-state index contributed by atoms with van der Waals surface area (Å²) in [5, 5.41) is 0. The van der Waals surface area contributed by atoms with Gasteiger partial charge in [0, 0.05) is 0 Å². The van der Waals surface area contributed by atoms with E-state index in [1.807, 2.05) is 6.92 Å². The van der Waals surface area contributed by atoms with Gasteiger partial charge in [-0.3, -0.25) is 4.39 Å². The van der Waals surface area contributed by atoms with Crippen molar-refractivity contribution >= 4 is 0 Å². The Labute approximate surface area is 76.3 Å². The second-order valence-electron chi connectivity index (χ2n) is 3.24. The van der Waals surface area contributed by atoms with Crippen molar-refractivity contribution in [1.82, 2.24) is 0 Å². The minimum Gasteiger partial charge on any atom is -0.250 e. The van der Waals surface area contributed by atoms with Gasteiger partial charge in [0.2, 0.25) is 0 Å². The average molecular weight is 200 g/mol. The lowest BCUT2D eigenvalue weighted by Gasteiger charge is -2.16. The average Bonchev–Trinajstić information content (AvgIpc) is 2.02. The van der Waals surface area contributed by atoms with Gasteiger partial charge in [0.15, 0.2) is 0 Å². The van der Waals surface area contributed by atoms with E-state index in [1.165, 1.54) is 0 Å². The van der Waals surface area contributed by atoms with Crippen molar-refractivity contribution in [3.63, 3.8) is 0 Å². The molecule has 0 aromatic carbocycles. The summed E-state index contributed by atoms with van der Waals surface area (Å²) >= 11 is 0. The van der Waals surface area contributed by atoms with Gasteiger partial charge in [-0.05, 0) is 6.42 Å². The summed E-state index contributed by atoms with van der Waals surface area (Å²) < 4.78 is 47.9. The maximum Gasteiger partial charge on any atom is 0.394 e. The lowest BCUT2D eigenvalue weighted by atomic mass is 10.0. The van der Waals surface area contributed by atoms with E-state index < -0.39 is 18.8 Å². The summed E-state index contributed by atoms with van der Waals surface area (Å²) in [6.45, 7) is 0.700. The van der Waals surface area contributed by atoms with Crippen LogP contribution in [0.3, 0.4) is 0 Å². The smallest absolute Gasteiger partial charge is 0.250 e. The molecule has 0 bridgehead atoms. The Morgan fingerprint density at radius 1 is 1.08 bits per heavy atom. The molecule has 13 heavy (non-hydrogen) atoms. The van der Waals surface area contributed by atoms with Gasteiger partial charge in [0.05, 0.1) is 5.92 Å². The van der Waals surface area contributed by atoms with Gasteiger partial charge < -0.3 is 0 Å². The summed E-state index contributed by atoms with van der Waals surface area (Å²) in [5.41, 5.74) is 0. The molecule has 0 amide bonds. The van der Waals surface area contributed by atoms with Crippen LogP contribution in [0.2, 0.25) is 0 Å². The molecule has 0 saturated heterocycles. The van der Waals surface area contributed by atoms with Crippen LogP contribution >= 0.6 is 0 Å². The minimum absolute atomic E-state index is 0.0694. The molecule has 0 aromatic heterocycles. The van der Waals surface area contributed by atoms with E-state index >= 15 is 0 Å². The fourth-order valence-corrected chi connectivity index (χ4v) is 1.15. The zero-order chi connectivity index (χ0) is 10.3. The second-order valence-corrected chi connectivity index (χ2v) is 3.24. The Morgan fingerprint density at radius 2 is 1.69 bits per heavy atom. The third kappa shape index (κ3) is 5.88. The Bertz CT molecular complexity index is 119.